The third-order valence-electron chi connectivity index (χ3n) is 5.03. The molecule has 1 aliphatic carbocycles. The maximum atomic E-state index is 12.5. The number of aryl methyl sites for hydroxylation is 1. The number of carbonyl (C=O) groups excluding carboxylic acids is 1. The van der Waals surface area contributed by atoms with Gasteiger partial charge in [-0.25, -0.2) is 0 Å². The third-order valence-corrected chi connectivity index (χ3v) is 5.03. The van der Waals surface area contributed by atoms with Crippen LogP contribution in [0.2, 0.25) is 0 Å². The van der Waals surface area contributed by atoms with Gasteiger partial charge in [0.1, 0.15) is 11.3 Å². The molecular formula is C19H23NO4. The molecular weight excluding hydrogens is 306 g/mol. The van der Waals surface area contributed by atoms with Gasteiger partial charge in [0.25, 0.3) is 0 Å². The van der Waals surface area contributed by atoms with Crippen LogP contribution in [0.1, 0.15) is 50.0 Å². The van der Waals surface area contributed by atoms with E-state index in [9.17, 15) is 9.59 Å². The second-order valence-corrected chi connectivity index (χ2v) is 6.72. The number of hydrogen-bond donors (Lipinski definition) is 2. The minimum atomic E-state index is -0.798. The van der Waals surface area contributed by atoms with Crippen LogP contribution in [0, 0.1) is 18.8 Å². The smallest absolute Gasteiger partial charge is 0.306 e. The molecule has 1 amide bonds. The van der Waals surface area contributed by atoms with Crippen LogP contribution in [0.15, 0.2) is 28.7 Å². The van der Waals surface area contributed by atoms with Gasteiger partial charge in [-0.1, -0.05) is 24.6 Å². The third kappa shape index (κ3) is 3.16. The first-order valence-electron chi connectivity index (χ1n) is 8.48. The zero-order valence-corrected chi connectivity index (χ0v) is 14.0. The van der Waals surface area contributed by atoms with Crippen molar-refractivity contribution in [2.24, 2.45) is 11.8 Å². The van der Waals surface area contributed by atoms with Crippen LogP contribution in [0.5, 0.6) is 0 Å². The molecule has 24 heavy (non-hydrogen) atoms. The number of rotatable bonds is 4. The van der Waals surface area contributed by atoms with Crippen molar-refractivity contribution in [3.05, 3.63) is 35.6 Å². The van der Waals surface area contributed by atoms with E-state index in [1.54, 1.807) is 0 Å². The number of amides is 1. The minimum absolute atomic E-state index is 0.0756. The summed E-state index contributed by atoms with van der Waals surface area (Å²) < 4.78 is 5.90. The summed E-state index contributed by atoms with van der Waals surface area (Å²) in [6.45, 7) is 3.89. The predicted molar refractivity (Wildman–Crippen MR) is 90.6 cm³/mol. The van der Waals surface area contributed by atoms with E-state index in [-0.39, 0.29) is 17.9 Å². The lowest BCUT2D eigenvalue weighted by Gasteiger charge is -2.26. The Kier molecular flexibility index (Phi) is 4.60. The molecule has 5 nitrogen and oxygen atoms in total. The Labute approximate surface area is 141 Å². The molecule has 2 unspecified atom stereocenters. The van der Waals surface area contributed by atoms with Crippen molar-refractivity contribution in [1.82, 2.24) is 5.32 Å². The maximum Gasteiger partial charge on any atom is 0.306 e. The predicted octanol–water partition coefficient (Wildman–Crippen LogP) is 3.81. The Hall–Kier alpha value is -2.30. The van der Waals surface area contributed by atoms with Gasteiger partial charge in [-0.05, 0) is 39.2 Å². The van der Waals surface area contributed by atoms with Crippen molar-refractivity contribution >= 4 is 22.8 Å². The van der Waals surface area contributed by atoms with Gasteiger partial charge in [0.05, 0.1) is 12.0 Å². The second-order valence-electron chi connectivity index (χ2n) is 6.72. The molecule has 1 heterocycles. The first-order valence-corrected chi connectivity index (χ1v) is 8.48. The van der Waals surface area contributed by atoms with Gasteiger partial charge in [0.15, 0.2) is 0 Å². The zero-order valence-electron chi connectivity index (χ0n) is 14.0. The molecule has 0 radical (unpaired) electrons. The van der Waals surface area contributed by atoms with Crippen LogP contribution >= 0.6 is 0 Å². The molecule has 3 rings (SSSR count). The van der Waals surface area contributed by atoms with E-state index in [4.69, 9.17) is 9.52 Å². The molecule has 2 N–H and O–H groups in total. The molecule has 0 bridgehead atoms. The number of carboxylic acid groups (broad SMARTS) is 1. The topological polar surface area (TPSA) is 79.5 Å². The summed E-state index contributed by atoms with van der Waals surface area (Å²) in [5, 5.41) is 13.2. The molecule has 5 heteroatoms. The molecule has 0 aliphatic heterocycles. The highest BCUT2D eigenvalue weighted by Crippen LogP contribution is 2.32. The molecule has 3 atom stereocenters. The molecule has 1 saturated carbocycles. The molecule has 1 aromatic carbocycles. The standard InChI is InChI=1S/C19H23NO4/c1-11-15-8-3-4-9-16(15)24-17(11)12(2)20-18(21)13-6-5-7-14(10-13)19(22)23/h3-4,8-9,12-14H,5-7,10H2,1-2H3,(H,20,21)(H,22,23)/t12-,13?,14?/m1/s1. The Morgan fingerprint density at radius 3 is 2.67 bits per heavy atom. The summed E-state index contributed by atoms with van der Waals surface area (Å²) in [6.07, 6.45) is 2.62. The van der Waals surface area contributed by atoms with Gasteiger partial charge >= 0.3 is 5.97 Å². The summed E-state index contributed by atoms with van der Waals surface area (Å²) in [4.78, 5) is 23.7. The highest BCUT2D eigenvalue weighted by atomic mass is 16.4. The number of nitrogens with one attached hydrogen (secondary N) is 1. The summed E-state index contributed by atoms with van der Waals surface area (Å²) in [6, 6.07) is 7.57. The van der Waals surface area contributed by atoms with Crippen LogP contribution in [-0.4, -0.2) is 17.0 Å². The van der Waals surface area contributed by atoms with E-state index in [0.717, 1.165) is 35.1 Å². The fourth-order valence-corrected chi connectivity index (χ4v) is 3.66. The monoisotopic (exact) mass is 329 g/mol. The number of furan rings is 1. The lowest BCUT2D eigenvalue weighted by atomic mass is 9.81. The van der Waals surface area contributed by atoms with Crippen molar-refractivity contribution < 1.29 is 19.1 Å². The molecule has 1 fully saturated rings. The molecule has 0 spiro atoms. The van der Waals surface area contributed by atoms with Crippen molar-refractivity contribution in [2.75, 3.05) is 0 Å². The summed E-state index contributed by atoms with van der Waals surface area (Å²) in [7, 11) is 0. The summed E-state index contributed by atoms with van der Waals surface area (Å²) in [5.74, 6) is -0.748. The largest absolute Gasteiger partial charge is 0.481 e. The minimum Gasteiger partial charge on any atom is -0.481 e. The highest BCUT2D eigenvalue weighted by Gasteiger charge is 2.32. The van der Waals surface area contributed by atoms with Gasteiger partial charge < -0.3 is 14.8 Å². The van der Waals surface area contributed by atoms with Crippen molar-refractivity contribution in [3.8, 4) is 0 Å². The number of hydrogen-bond acceptors (Lipinski definition) is 3. The fourth-order valence-electron chi connectivity index (χ4n) is 3.66. The van der Waals surface area contributed by atoms with Crippen LogP contribution in [0.25, 0.3) is 11.0 Å². The van der Waals surface area contributed by atoms with Crippen molar-refractivity contribution in [3.63, 3.8) is 0 Å². The fraction of sp³-hybridized carbons (Fsp3) is 0.474. The Balaban J connectivity index is 1.71. The van der Waals surface area contributed by atoms with E-state index in [1.165, 1.54) is 0 Å². The normalized spacial score (nSPS) is 22.2. The Morgan fingerprint density at radius 1 is 1.25 bits per heavy atom. The van der Waals surface area contributed by atoms with E-state index in [2.05, 4.69) is 5.32 Å². The van der Waals surface area contributed by atoms with Gasteiger partial charge in [0, 0.05) is 16.9 Å². The lowest BCUT2D eigenvalue weighted by molar-refractivity contribution is -0.144. The van der Waals surface area contributed by atoms with Crippen LogP contribution < -0.4 is 5.32 Å². The van der Waals surface area contributed by atoms with Gasteiger partial charge in [-0.2, -0.15) is 0 Å². The molecule has 1 aliphatic rings. The average Bonchev–Trinajstić information content (AvgIpc) is 2.92. The summed E-state index contributed by atoms with van der Waals surface area (Å²) >= 11 is 0. The number of carboxylic acids is 1. The number of fused-ring (bicyclic) bond motifs is 1. The van der Waals surface area contributed by atoms with E-state index >= 15 is 0 Å². The SMILES string of the molecule is Cc1c([C@@H](C)NC(=O)C2CCCC(C(=O)O)C2)oc2ccccc12. The number of aliphatic carboxylic acids is 1. The molecule has 128 valence electrons. The van der Waals surface area contributed by atoms with Crippen molar-refractivity contribution in [1.29, 1.82) is 0 Å². The highest BCUT2D eigenvalue weighted by molar-refractivity contribution is 5.83. The number of para-hydroxylation sites is 1. The number of carbonyl (C=O) groups is 2. The lowest BCUT2D eigenvalue weighted by Crippen LogP contribution is -2.36. The Morgan fingerprint density at radius 2 is 1.96 bits per heavy atom. The van der Waals surface area contributed by atoms with Gasteiger partial charge in [-0.15, -0.1) is 0 Å². The van der Waals surface area contributed by atoms with E-state index < -0.39 is 11.9 Å². The molecule has 0 saturated heterocycles. The van der Waals surface area contributed by atoms with E-state index in [0.29, 0.717) is 12.8 Å². The average molecular weight is 329 g/mol. The molecule has 2 aromatic rings. The zero-order chi connectivity index (χ0) is 17.3. The van der Waals surface area contributed by atoms with E-state index in [1.807, 2.05) is 38.1 Å². The first-order chi connectivity index (χ1) is 11.5. The van der Waals surface area contributed by atoms with Gasteiger partial charge in [-0.3, -0.25) is 9.59 Å². The van der Waals surface area contributed by atoms with Crippen LogP contribution in [0.4, 0.5) is 0 Å². The van der Waals surface area contributed by atoms with Crippen molar-refractivity contribution in [2.45, 2.75) is 45.6 Å². The first kappa shape index (κ1) is 16.6. The maximum absolute atomic E-state index is 12.5. The number of benzene rings is 1. The summed E-state index contributed by atoms with van der Waals surface area (Å²) in [5.41, 5.74) is 1.85. The van der Waals surface area contributed by atoms with Crippen LogP contribution in [0.3, 0.4) is 0 Å². The second kappa shape index (κ2) is 6.67. The van der Waals surface area contributed by atoms with Gasteiger partial charge in [0.2, 0.25) is 5.91 Å². The molecule has 1 aromatic heterocycles. The Bertz CT molecular complexity index is 764. The quantitative estimate of drug-likeness (QED) is 0.894. The van der Waals surface area contributed by atoms with Crippen LogP contribution in [-0.2, 0) is 9.59 Å².